The maximum absolute atomic E-state index is 13.1. The molecule has 1 aromatic rings. The molecule has 4 rings (SSSR count). The Kier molecular flexibility index (Phi) is 6.45. The van der Waals surface area contributed by atoms with Crippen LogP contribution in [0.3, 0.4) is 0 Å². The van der Waals surface area contributed by atoms with Crippen molar-refractivity contribution in [3.63, 3.8) is 0 Å². The number of amides is 2. The minimum Gasteiger partial charge on any atom is -0.477 e. The van der Waals surface area contributed by atoms with Gasteiger partial charge in [-0.2, -0.15) is 11.8 Å². The van der Waals surface area contributed by atoms with Gasteiger partial charge in [-0.1, -0.05) is 18.2 Å². The summed E-state index contributed by atoms with van der Waals surface area (Å²) in [6, 6.07) is 4.62. The fourth-order valence-corrected chi connectivity index (χ4v) is 6.55. The number of aliphatic carboxylic acids is 1. The van der Waals surface area contributed by atoms with Crippen LogP contribution in [0.2, 0.25) is 0 Å². The summed E-state index contributed by atoms with van der Waals surface area (Å²) in [6.45, 7) is 0.970. The van der Waals surface area contributed by atoms with Crippen LogP contribution in [0.1, 0.15) is 29.7 Å². The van der Waals surface area contributed by atoms with Crippen molar-refractivity contribution in [2.24, 2.45) is 5.73 Å². The average Bonchev–Trinajstić information content (AvgIpc) is 3.27. The van der Waals surface area contributed by atoms with Crippen molar-refractivity contribution in [1.29, 1.82) is 0 Å². The number of nitrogens with two attached hydrogens (primary N) is 1. The number of β-lactam (4-membered cyclic amide) rings is 1. The number of carboxylic acid groups (broad SMARTS) is 1. The Bertz CT molecular complexity index is 1080. The molecule has 0 bridgehead atoms. The summed E-state index contributed by atoms with van der Waals surface area (Å²) in [5.74, 6) is -1.28. The van der Waals surface area contributed by atoms with Crippen LogP contribution in [-0.2, 0) is 40.2 Å². The van der Waals surface area contributed by atoms with Gasteiger partial charge >= 0.3 is 11.9 Å². The quantitative estimate of drug-likeness (QED) is 0.282. The number of fused-ring (bicyclic) bond motifs is 2. The molecule has 176 valence electrons. The standard InChI is InChI=1S/C21H23N3O7S2/c1-10(25)31-6-14-9-33-20-21(30-2,19(29)24(20)16(14)18(27)28)23-17(26)15(22)11-3-4-12-7-32-8-13(12)5-11/h3-5,15,20H,6-9,22H2,1-2H3,(H,23,26)(H,27,28). The van der Waals surface area contributed by atoms with Crippen LogP contribution in [-0.4, -0.2) is 64.3 Å². The molecule has 0 aromatic heterocycles. The van der Waals surface area contributed by atoms with E-state index in [1.165, 1.54) is 31.4 Å². The van der Waals surface area contributed by atoms with E-state index in [0.717, 1.165) is 22.0 Å². The van der Waals surface area contributed by atoms with Gasteiger partial charge in [0, 0.05) is 36.9 Å². The van der Waals surface area contributed by atoms with Gasteiger partial charge in [-0.15, -0.1) is 11.8 Å². The zero-order chi connectivity index (χ0) is 23.9. The van der Waals surface area contributed by atoms with Gasteiger partial charge in [0.1, 0.15) is 23.7 Å². The SMILES string of the molecule is COC1(NC(=O)C(N)c2ccc3c(c2)CSC3)C(=O)N2C(C(=O)O)=C(COC(C)=O)CSC21. The normalized spacial score (nSPS) is 24.5. The molecule has 3 aliphatic rings. The van der Waals surface area contributed by atoms with Crippen LogP contribution in [0.5, 0.6) is 0 Å². The number of thioether (sulfide) groups is 2. The summed E-state index contributed by atoms with van der Waals surface area (Å²) in [5.41, 5.74) is 7.43. The van der Waals surface area contributed by atoms with Crippen molar-refractivity contribution < 1.29 is 33.8 Å². The van der Waals surface area contributed by atoms with Gasteiger partial charge < -0.3 is 25.6 Å². The molecule has 3 aliphatic heterocycles. The van der Waals surface area contributed by atoms with Crippen molar-refractivity contribution >= 4 is 47.3 Å². The summed E-state index contributed by atoms with van der Waals surface area (Å²) in [5, 5.41) is 11.5. The Labute approximate surface area is 198 Å². The molecule has 12 heteroatoms. The highest BCUT2D eigenvalue weighted by atomic mass is 32.2. The molecule has 4 N–H and O–H groups in total. The van der Waals surface area contributed by atoms with Crippen LogP contribution < -0.4 is 11.1 Å². The van der Waals surface area contributed by atoms with Crippen molar-refractivity contribution in [3.05, 3.63) is 46.2 Å². The molecule has 0 saturated carbocycles. The topological polar surface area (TPSA) is 148 Å². The first-order chi connectivity index (χ1) is 15.7. The number of hydrogen-bond acceptors (Lipinski definition) is 9. The van der Waals surface area contributed by atoms with E-state index in [0.29, 0.717) is 5.56 Å². The fraction of sp³-hybridized carbons (Fsp3) is 0.429. The molecule has 3 atom stereocenters. The van der Waals surface area contributed by atoms with E-state index in [4.69, 9.17) is 15.2 Å². The number of methoxy groups -OCH3 is 1. The average molecular weight is 494 g/mol. The first-order valence-corrected chi connectivity index (χ1v) is 12.3. The van der Waals surface area contributed by atoms with E-state index in [1.54, 1.807) is 17.8 Å². The molecule has 2 amide bonds. The number of carbonyl (C=O) groups excluding carboxylic acids is 3. The molecule has 1 fully saturated rings. The second-order valence-electron chi connectivity index (χ2n) is 7.80. The van der Waals surface area contributed by atoms with Gasteiger partial charge in [0.25, 0.3) is 11.6 Å². The molecule has 33 heavy (non-hydrogen) atoms. The van der Waals surface area contributed by atoms with Gasteiger partial charge in [0.15, 0.2) is 0 Å². The van der Waals surface area contributed by atoms with Gasteiger partial charge in [0.2, 0.25) is 5.91 Å². The highest BCUT2D eigenvalue weighted by Crippen LogP contribution is 2.46. The number of esters is 1. The van der Waals surface area contributed by atoms with Crippen LogP contribution in [0.4, 0.5) is 0 Å². The van der Waals surface area contributed by atoms with Crippen LogP contribution in [0.25, 0.3) is 0 Å². The molecule has 10 nitrogen and oxygen atoms in total. The zero-order valence-electron chi connectivity index (χ0n) is 18.0. The van der Waals surface area contributed by atoms with Crippen molar-refractivity contribution in [2.75, 3.05) is 19.5 Å². The number of carboxylic acids is 1. The summed E-state index contributed by atoms with van der Waals surface area (Å²) < 4.78 is 10.4. The van der Waals surface area contributed by atoms with E-state index < -0.39 is 40.9 Å². The van der Waals surface area contributed by atoms with Gasteiger partial charge in [0.05, 0.1) is 0 Å². The summed E-state index contributed by atoms with van der Waals surface area (Å²) in [6.07, 6.45) is 0. The second kappa shape index (κ2) is 9.01. The largest absolute Gasteiger partial charge is 0.477 e. The Morgan fingerprint density at radius 3 is 2.70 bits per heavy atom. The molecule has 0 spiro atoms. The Morgan fingerprint density at radius 1 is 1.30 bits per heavy atom. The highest BCUT2D eigenvalue weighted by molar-refractivity contribution is 8.00. The number of rotatable bonds is 7. The lowest BCUT2D eigenvalue weighted by Crippen LogP contribution is -2.81. The first kappa shape index (κ1) is 23.6. The van der Waals surface area contributed by atoms with Crippen LogP contribution >= 0.6 is 23.5 Å². The third-order valence-electron chi connectivity index (χ3n) is 5.78. The maximum atomic E-state index is 13.1. The smallest absolute Gasteiger partial charge is 0.352 e. The van der Waals surface area contributed by atoms with Crippen molar-refractivity contribution in [1.82, 2.24) is 10.2 Å². The second-order valence-corrected chi connectivity index (χ2v) is 9.86. The number of hydrogen-bond donors (Lipinski definition) is 3. The number of benzene rings is 1. The highest BCUT2D eigenvalue weighted by Gasteiger charge is 2.66. The molecular weight excluding hydrogens is 470 g/mol. The fourth-order valence-electron chi connectivity index (χ4n) is 4.04. The van der Waals surface area contributed by atoms with Crippen molar-refractivity contribution in [3.8, 4) is 0 Å². The molecule has 0 radical (unpaired) electrons. The minimum atomic E-state index is -1.75. The van der Waals surface area contributed by atoms with E-state index in [1.807, 2.05) is 12.1 Å². The lowest BCUT2D eigenvalue weighted by Gasteiger charge is -2.55. The molecule has 1 saturated heterocycles. The Balaban J connectivity index is 1.55. The van der Waals surface area contributed by atoms with Crippen LogP contribution in [0.15, 0.2) is 29.5 Å². The number of carbonyl (C=O) groups is 4. The van der Waals surface area contributed by atoms with Crippen molar-refractivity contribution in [2.45, 2.75) is 35.6 Å². The van der Waals surface area contributed by atoms with E-state index >= 15 is 0 Å². The summed E-state index contributed by atoms with van der Waals surface area (Å²) in [4.78, 5) is 50.2. The third kappa shape index (κ3) is 4.01. The first-order valence-electron chi connectivity index (χ1n) is 10.1. The monoisotopic (exact) mass is 493 g/mol. The lowest BCUT2D eigenvalue weighted by atomic mass is 9.96. The van der Waals surface area contributed by atoms with E-state index in [9.17, 15) is 24.3 Å². The zero-order valence-corrected chi connectivity index (χ0v) is 19.6. The Hall–Kier alpha value is -2.54. The third-order valence-corrected chi connectivity index (χ3v) is 8.18. The molecule has 3 unspecified atom stereocenters. The minimum absolute atomic E-state index is 0.179. The molecular formula is C21H23N3O7S2. The lowest BCUT2D eigenvalue weighted by molar-refractivity contribution is -0.192. The van der Waals surface area contributed by atoms with Gasteiger partial charge in [-0.25, -0.2) is 4.79 Å². The predicted molar refractivity (Wildman–Crippen MR) is 121 cm³/mol. The maximum Gasteiger partial charge on any atom is 0.352 e. The van der Waals surface area contributed by atoms with Crippen LogP contribution in [0, 0.1) is 0 Å². The van der Waals surface area contributed by atoms with Gasteiger partial charge in [-0.3, -0.25) is 19.3 Å². The number of ether oxygens (including phenoxy) is 2. The summed E-state index contributed by atoms with van der Waals surface area (Å²) in [7, 11) is 1.27. The molecule has 1 aromatic carbocycles. The number of nitrogens with zero attached hydrogens (tertiary/aromatic N) is 1. The van der Waals surface area contributed by atoms with E-state index in [-0.39, 0.29) is 23.6 Å². The summed E-state index contributed by atoms with van der Waals surface area (Å²) >= 11 is 2.99. The van der Waals surface area contributed by atoms with Gasteiger partial charge in [-0.05, 0) is 16.7 Å². The predicted octanol–water partition coefficient (Wildman–Crippen LogP) is 0.709. The molecule has 3 heterocycles. The van der Waals surface area contributed by atoms with E-state index in [2.05, 4.69) is 5.32 Å². The Morgan fingerprint density at radius 2 is 2.03 bits per heavy atom. The number of nitrogens with one attached hydrogen (secondary N) is 1. The molecule has 0 aliphatic carbocycles.